The molecule has 0 radical (unpaired) electrons. The van der Waals surface area contributed by atoms with Crippen LogP contribution in [0.2, 0.25) is 0 Å². The highest BCUT2D eigenvalue weighted by Gasteiger charge is 2.29. The topological polar surface area (TPSA) is 76.3 Å². The first-order chi connectivity index (χ1) is 18.9. The SMILES string of the molecule is C/C=C/C(C)C(=O)n1c(N(C)C2CCN(c3nc4ccccc4n3Cc3ccc(F)cc3)CC2)nccc1=O. The first kappa shape index (κ1) is 26.3. The Kier molecular flexibility index (Phi) is 7.58. The lowest BCUT2D eigenvalue weighted by Gasteiger charge is -2.38. The predicted molar refractivity (Wildman–Crippen MR) is 152 cm³/mol. The Morgan fingerprint density at radius 2 is 1.85 bits per heavy atom. The normalized spacial score (nSPS) is 15.2. The van der Waals surface area contributed by atoms with Crippen LogP contribution in [0.5, 0.6) is 0 Å². The average Bonchev–Trinajstić information content (AvgIpc) is 3.32. The van der Waals surface area contributed by atoms with E-state index in [-0.39, 0.29) is 23.3 Å². The largest absolute Gasteiger partial charge is 0.342 e. The van der Waals surface area contributed by atoms with E-state index in [1.54, 1.807) is 25.1 Å². The zero-order valence-electron chi connectivity index (χ0n) is 22.5. The standard InChI is InChI=1S/C30H33FN6O2/c1-4-7-21(2)28(39)37-27(38)14-17-32-29(37)34(3)24-15-18-35(19-16-24)30-33-25-8-5-6-9-26(25)36(30)20-22-10-12-23(31)13-11-22/h4-14,17,21,24H,15-16,18-20H2,1-3H3/b7-4+. The van der Waals surface area contributed by atoms with Gasteiger partial charge in [0.2, 0.25) is 17.8 Å². The number of fused-ring (bicyclic) bond motifs is 1. The van der Waals surface area contributed by atoms with Gasteiger partial charge in [-0.15, -0.1) is 0 Å². The Morgan fingerprint density at radius 1 is 1.13 bits per heavy atom. The number of aromatic nitrogens is 4. The van der Waals surface area contributed by atoms with Gasteiger partial charge in [0, 0.05) is 38.4 Å². The number of piperidine rings is 1. The number of para-hydroxylation sites is 2. The van der Waals surface area contributed by atoms with Crippen molar-refractivity contribution < 1.29 is 9.18 Å². The van der Waals surface area contributed by atoms with Crippen LogP contribution in [-0.4, -0.2) is 51.2 Å². The van der Waals surface area contributed by atoms with Gasteiger partial charge in [-0.1, -0.05) is 43.3 Å². The summed E-state index contributed by atoms with van der Waals surface area (Å²) in [6.07, 6.45) is 6.67. The number of imidazole rings is 1. The maximum Gasteiger partial charge on any atom is 0.261 e. The molecule has 0 saturated carbocycles. The molecule has 4 aromatic rings. The van der Waals surface area contributed by atoms with E-state index in [1.807, 2.05) is 43.1 Å². The summed E-state index contributed by atoms with van der Waals surface area (Å²) in [5, 5.41) is 0. The van der Waals surface area contributed by atoms with E-state index in [1.165, 1.54) is 29.0 Å². The fourth-order valence-corrected chi connectivity index (χ4v) is 5.28. The minimum absolute atomic E-state index is 0.0987. The summed E-state index contributed by atoms with van der Waals surface area (Å²) >= 11 is 0. The molecule has 0 bridgehead atoms. The molecule has 0 aliphatic carbocycles. The molecule has 39 heavy (non-hydrogen) atoms. The number of nitrogens with zero attached hydrogens (tertiary/aromatic N) is 6. The Balaban J connectivity index is 1.37. The summed E-state index contributed by atoms with van der Waals surface area (Å²) in [7, 11) is 1.90. The number of anilines is 2. The van der Waals surface area contributed by atoms with Gasteiger partial charge in [-0.05, 0) is 49.6 Å². The summed E-state index contributed by atoms with van der Waals surface area (Å²) in [6, 6.07) is 16.0. The number of carbonyl (C=O) groups is 1. The van der Waals surface area contributed by atoms with E-state index >= 15 is 0 Å². The van der Waals surface area contributed by atoms with Crippen LogP contribution in [-0.2, 0) is 6.54 Å². The van der Waals surface area contributed by atoms with Crippen molar-refractivity contribution in [3.8, 4) is 0 Å². The third-order valence-corrected chi connectivity index (χ3v) is 7.42. The molecule has 202 valence electrons. The molecule has 0 N–H and O–H groups in total. The maximum atomic E-state index is 13.5. The predicted octanol–water partition coefficient (Wildman–Crippen LogP) is 4.74. The van der Waals surface area contributed by atoms with E-state index in [4.69, 9.17) is 4.98 Å². The van der Waals surface area contributed by atoms with Gasteiger partial charge in [-0.2, -0.15) is 0 Å². The van der Waals surface area contributed by atoms with Gasteiger partial charge >= 0.3 is 0 Å². The number of benzene rings is 2. The molecule has 1 aliphatic heterocycles. The van der Waals surface area contributed by atoms with E-state index in [9.17, 15) is 14.0 Å². The van der Waals surface area contributed by atoms with E-state index in [0.717, 1.165) is 48.5 Å². The van der Waals surface area contributed by atoms with E-state index < -0.39 is 5.92 Å². The zero-order chi connectivity index (χ0) is 27.5. The molecule has 1 fully saturated rings. The highest BCUT2D eigenvalue weighted by Crippen LogP contribution is 2.28. The van der Waals surface area contributed by atoms with Gasteiger partial charge < -0.3 is 14.4 Å². The smallest absolute Gasteiger partial charge is 0.261 e. The summed E-state index contributed by atoms with van der Waals surface area (Å²) in [5.41, 5.74) is 2.57. The molecule has 2 aromatic carbocycles. The molecule has 2 aromatic heterocycles. The van der Waals surface area contributed by atoms with Crippen LogP contribution in [0.3, 0.4) is 0 Å². The molecule has 1 aliphatic rings. The fourth-order valence-electron chi connectivity index (χ4n) is 5.28. The third kappa shape index (κ3) is 5.34. The van der Waals surface area contributed by atoms with Crippen molar-refractivity contribution in [3.63, 3.8) is 0 Å². The first-order valence-electron chi connectivity index (χ1n) is 13.3. The highest BCUT2D eigenvalue weighted by atomic mass is 19.1. The molecular weight excluding hydrogens is 495 g/mol. The Bertz CT molecular complexity index is 1550. The molecule has 5 rings (SSSR count). The molecule has 1 atom stereocenters. The lowest BCUT2D eigenvalue weighted by Crippen LogP contribution is -2.47. The van der Waals surface area contributed by atoms with Crippen LogP contribution in [0.4, 0.5) is 16.3 Å². The van der Waals surface area contributed by atoms with Crippen LogP contribution in [0.25, 0.3) is 11.0 Å². The first-order valence-corrected chi connectivity index (χ1v) is 13.3. The van der Waals surface area contributed by atoms with Crippen molar-refractivity contribution >= 4 is 28.8 Å². The Hall–Kier alpha value is -4.27. The molecule has 0 spiro atoms. The second-order valence-corrected chi connectivity index (χ2v) is 10.0. The van der Waals surface area contributed by atoms with Gasteiger partial charge in [0.1, 0.15) is 5.82 Å². The third-order valence-electron chi connectivity index (χ3n) is 7.42. The quantitative estimate of drug-likeness (QED) is 0.323. The Morgan fingerprint density at radius 3 is 2.56 bits per heavy atom. The molecule has 1 unspecified atom stereocenters. The molecular formula is C30H33FN6O2. The number of carbonyl (C=O) groups excluding carboxylic acids is 1. The molecule has 0 amide bonds. The van der Waals surface area contributed by atoms with E-state index in [2.05, 4.69) is 20.5 Å². The van der Waals surface area contributed by atoms with Crippen molar-refractivity contribution in [1.29, 1.82) is 0 Å². The summed E-state index contributed by atoms with van der Waals surface area (Å²) in [4.78, 5) is 39.4. The number of halogens is 1. The lowest BCUT2D eigenvalue weighted by molar-refractivity contribution is 0.0865. The van der Waals surface area contributed by atoms with Crippen molar-refractivity contribution in [2.75, 3.05) is 29.9 Å². The van der Waals surface area contributed by atoms with Crippen LogP contribution in [0, 0.1) is 11.7 Å². The number of allylic oxidation sites excluding steroid dienone is 2. The van der Waals surface area contributed by atoms with Gasteiger partial charge in [0.25, 0.3) is 5.56 Å². The van der Waals surface area contributed by atoms with Crippen LogP contribution in [0.15, 0.2) is 77.7 Å². The van der Waals surface area contributed by atoms with Crippen molar-refractivity contribution in [1.82, 2.24) is 19.1 Å². The van der Waals surface area contributed by atoms with Crippen LogP contribution >= 0.6 is 0 Å². The van der Waals surface area contributed by atoms with Crippen molar-refractivity contribution in [2.24, 2.45) is 5.92 Å². The van der Waals surface area contributed by atoms with Gasteiger partial charge in [-0.25, -0.2) is 18.9 Å². The second kappa shape index (κ2) is 11.2. The van der Waals surface area contributed by atoms with Crippen LogP contribution in [0.1, 0.15) is 37.0 Å². The summed E-state index contributed by atoms with van der Waals surface area (Å²) in [5.74, 6) is 0.273. The molecule has 3 heterocycles. The number of hydrogen-bond donors (Lipinski definition) is 0. The van der Waals surface area contributed by atoms with Crippen LogP contribution < -0.4 is 15.4 Å². The number of hydrogen-bond acceptors (Lipinski definition) is 6. The average molecular weight is 529 g/mol. The highest BCUT2D eigenvalue weighted by molar-refractivity contribution is 5.85. The second-order valence-electron chi connectivity index (χ2n) is 10.0. The Labute approximate surface area is 227 Å². The number of rotatable bonds is 7. The lowest BCUT2D eigenvalue weighted by atomic mass is 10.0. The zero-order valence-corrected chi connectivity index (χ0v) is 22.5. The van der Waals surface area contributed by atoms with Gasteiger partial charge in [0.05, 0.1) is 23.5 Å². The maximum absolute atomic E-state index is 13.5. The van der Waals surface area contributed by atoms with E-state index in [0.29, 0.717) is 12.5 Å². The molecule has 1 saturated heterocycles. The monoisotopic (exact) mass is 528 g/mol. The summed E-state index contributed by atoms with van der Waals surface area (Å²) in [6.45, 7) is 5.72. The molecule has 9 heteroatoms. The molecule has 8 nitrogen and oxygen atoms in total. The fraction of sp³-hybridized carbons (Fsp3) is 0.333. The van der Waals surface area contributed by atoms with Gasteiger partial charge in [0.15, 0.2) is 0 Å². The van der Waals surface area contributed by atoms with Gasteiger partial charge in [-0.3, -0.25) is 9.59 Å². The van der Waals surface area contributed by atoms with Crippen molar-refractivity contribution in [2.45, 2.75) is 39.3 Å². The minimum Gasteiger partial charge on any atom is -0.342 e. The van der Waals surface area contributed by atoms with Crippen molar-refractivity contribution in [3.05, 3.63) is 94.7 Å². The summed E-state index contributed by atoms with van der Waals surface area (Å²) < 4.78 is 16.9. The minimum atomic E-state index is -0.431.